The molecule has 3 nitrogen and oxygen atoms in total. The second kappa shape index (κ2) is 10.7. The molecule has 224 valence electrons. The van der Waals surface area contributed by atoms with Gasteiger partial charge in [-0.1, -0.05) is 133 Å². The average Bonchev–Trinajstić information content (AvgIpc) is 3.73. The second-order valence-electron chi connectivity index (χ2n) is 12.2. The van der Waals surface area contributed by atoms with E-state index in [9.17, 15) is 0 Å². The van der Waals surface area contributed by atoms with Crippen LogP contribution in [-0.2, 0) is 0 Å². The average molecular weight is 631 g/mol. The summed E-state index contributed by atoms with van der Waals surface area (Å²) in [6.07, 6.45) is 0. The van der Waals surface area contributed by atoms with Gasteiger partial charge in [0.1, 0.15) is 11.2 Å². The third-order valence-electron chi connectivity index (χ3n) is 9.30. The number of para-hydroxylation sites is 1. The standard InChI is InChI=1S/C44H26N2OS/c1-2-9-27(10-3-1)33-23-24-35-39(26-33)48-43-41(35)45-44(30-20-17-29(18-21-30)32-22-19-28-11-4-5-12-31(28)25-32)46-42(43)36-14-8-16-38-40(36)34-13-6-7-15-37(34)47-38/h1-26H. The summed E-state index contributed by atoms with van der Waals surface area (Å²) < 4.78 is 8.57. The summed E-state index contributed by atoms with van der Waals surface area (Å²) in [5, 5.41) is 5.78. The van der Waals surface area contributed by atoms with E-state index in [2.05, 4.69) is 140 Å². The molecule has 0 amide bonds. The highest BCUT2D eigenvalue weighted by Gasteiger charge is 2.21. The van der Waals surface area contributed by atoms with Crippen LogP contribution in [0.15, 0.2) is 162 Å². The van der Waals surface area contributed by atoms with E-state index in [-0.39, 0.29) is 0 Å². The number of rotatable bonds is 4. The summed E-state index contributed by atoms with van der Waals surface area (Å²) in [6.45, 7) is 0. The number of thiophene rings is 1. The van der Waals surface area contributed by atoms with Gasteiger partial charge in [-0.25, -0.2) is 9.97 Å². The summed E-state index contributed by atoms with van der Waals surface area (Å²) in [4.78, 5) is 10.6. The molecule has 0 radical (unpaired) electrons. The molecule has 0 unspecified atom stereocenters. The zero-order chi connectivity index (χ0) is 31.6. The van der Waals surface area contributed by atoms with Crippen LogP contribution in [0.5, 0.6) is 0 Å². The Kier molecular flexibility index (Phi) is 6.05. The molecule has 0 saturated carbocycles. The lowest BCUT2D eigenvalue weighted by atomic mass is 10.00. The van der Waals surface area contributed by atoms with Crippen molar-refractivity contribution >= 4 is 64.4 Å². The van der Waals surface area contributed by atoms with E-state index in [0.717, 1.165) is 59.9 Å². The van der Waals surface area contributed by atoms with Crippen LogP contribution in [0.25, 0.3) is 97.9 Å². The number of hydrogen-bond acceptors (Lipinski definition) is 4. The summed E-state index contributed by atoms with van der Waals surface area (Å²) in [5.41, 5.74) is 10.4. The van der Waals surface area contributed by atoms with Crippen LogP contribution >= 0.6 is 11.3 Å². The van der Waals surface area contributed by atoms with Gasteiger partial charge in [-0.3, -0.25) is 0 Å². The molecule has 10 rings (SSSR count). The number of nitrogens with zero attached hydrogens (tertiary/aromatic N) is 2. The van der Waals surface area contributed by atoms with Gasteiger partial charge in [0.05, 0.1) is 15.9 Å². The maximum absolute atomic E-state index is 6.31. The lowest BCUT2D eigenvalue weighted by molar-refractivity contribution is 0.669. The fraction of sp³-hybridized carbons (Fsp3) is 0. The van der Waals surface area contributed by atoms with Gasteiger partial charge in [0.2, 0.25) is 0 Å². The molecular weight excluding hydrogens is 605 g/mol. The number of benzene rings is 7. The van der Waals surface area contributed by atoms with Gasteiger partial charge in [0.15, 0.2) is 5.82 Å². The van der Waals surface area contributed by atoms with Crippen LogP contribution in [0.1, 0.15) is 0 Å². The van der Waals surface area contributed by atoms with Crippen molar-refractivity contribution in [3.63, 3.8) is 0 Å². The minimum absolute atomic E-state index is 0.708. The summed E-state index contributed by atoms with van der Waals surface area (Å²) in [5.74, 6) is 0.708. The van der Waals surface area contributed by atoms with Crippen LogP contribution in [0.3, 0.4) is 0 Å². The van der Waals surface area contributed by atoms with E-state index >= 15 is 0 Å². The van der Waals surface area contributed by atoms with Crippen LogP contribution < -0.4 is 0 Å². The van der Waals surface area contributed by atoms with Gasteiger partial charge in [-0.2, -0.15) is 0 Å². The van der Waals surface area contributed by atoms with E-state index < -0.39 is 0 Å². The van der Waals surface area contributed by atoms with E-state index in [4.69, 9.17) is 14.4 Å². The minimum Gasteiger partial charge on any atom is -0.456 e. The SMILES string of the molecule is c1ccc(-c2ccc3c(c2)sc2c(-c4cccc5oc6ccccc6c45)nc(-c4ccc(-c5ccc6ccccc6c5)cc4)nc23)cc1. The zero-order valence-electron chi connectivity index (χ0n) is 25.7. The molecule has 3 aromatic heterocycles. The van der Waals surface area contributed by atoms with Crippen molar-refractivity contribution in [3.05, 3.63) is 158 Å². The topological polar surface area (TPSA) is 38.9 Å². The highest BCUT2D eigenvalue weighted by atomic mass is 32.1. The fourth-order valence-electron chi connectivity index (χ4n) is 6.92. The first-order valence-electron chi connectivity index (χ1n) is 16.1. The van der Waals surface area contributed by atoms with Crippen molar-refractivity contribution in [3.8, 4) is 44.9 Å². The van der Waals surface area contributed by atoms with Crippen molar-refractivity contribution in [1.29, 1.82) is 0 Å². The third kappa shape index (κ3) is 4.34. The normalized spacial score (nSPS) is 11.8. The molecular formula is C44H26N2OS. The Morgan fingerprint density at radius 2 is 1.15 bits per heavy atom. The Bertz CT molecular complexity index is 2830. The molecule has 48 heavy (non-hydrogen) atoms. The summed E-state index contributed by atoms with van der Waals surface area (Å²) >= 11 is 1.76. The van der Waals surface area contributed by atoms with Crippen molar-refractivity contribution < 1.29 is 4.42 Å². The van der Waals surface area contributed by atoms with Gasteiger partial charge in [-0.15, -0.1) is 11.3 Å². The third-order valence-corrected chi connectivity index (χ3v) is 10.5. The Morgan fingerprint density at radius 3 is 2.04 bits per heavy atom. The molecule has 0 N–H and O–H groups in total. The maximum atomic E-state index is 6.31. The molecule has 0 aliphatic rings. The number of fused-ring (bicyclic) bond motifs is 7. The molecule has 7 aromatic carbocycles. The smallest absolute Gasteiger partial charge is 0.160 e. The molecule has 0 spiro atoms. The van der Waals surface area contributed by atoms with E-state index in [0.29, 0.717) is 5.82 Å². The Labute approximate surface area is 280 Å². The van der Waals surface area contributed by atoms with E-state index in [1.807, 2.05) is 18.2 Å². The molecule has 0 fully saturated rings. The Hall–Kier alpha value is -6.10. The van der Waals surface area contributed by atoms with Gasteiger partial charge in [-0.05, 0) is 57.3 Å². The molecule has 0 atom stereocenters. The fourth-order valence-corrected chi connectivity index (χ4v) is 8.10. The Morgan fingerprint density at radius 1 is 0.458 bits per heavy atom. The highest BCUT2D eigenvalue weighted by Crippen LogP contribution is 2.44. The minimum atomic E-state index is 0.708. The summed E-state index contributed by atoms with van der Waals surface area (Å²) in [6, 6.07) is 55.5. The molecule has 3 heterocycles. The number of furan rings is 1. The van der Waals surface area contributed by atoms with Crippen molar-refractivity contribution in [1.82, 2.24) is 9.97 Å². The first kappa shape index (κ1) is 27.1. The lowest BCUT2D eigenvalue weighted by Crippen LogP contribution is -1.94. The quantitative estimate of drug-likeness (QED) is 0.194. The van der Waals surface area contributed by atoms with Crippen molar-refractivity contribution in [2.45, 2.75) is 0 Å². The predicted octanol–water partition coefficient (Wildman–Crippen LogP) is 12.6. The van der Waals surface area contributed by atoms with Gasteiger partial charge < -0.3 is 4.42 Å². The largest absolute Gasteiger partial charge is 0.456 e. The van der Waals surface area contributed by atoms with Crippen LogP contribution in [-0.4, -0.2) is 9.97 Å². The van der Waals surface area contributed by atoms with E-state index in [1.54, 1.807) is 11.3 Å². The molecule has 0 aliphatic heterocycles. The van der Waals surface area contributed by atoms with Crippen molar-refractivity contribution in [2.75, 3.05) is 0 Å². The van der Waals surface area contributed by atoms with Crippen molar-refractivity contribution in [2.24, 2.45) is 0 Å². The highest BCUT2D eigenvalue weighted by molar-refractivity contribution is 7.26. The van der Waals surface area contributed by atoms with Gasteiger partial charge in [0.25, 0.3) is 0 Å². The first-order valence-corrected chi connectivity index (χ1v) is 16.9. The molecule has 0 bridgehead atoms. The van der Waals surface area contributed by atoms with Crippen LogP contribution in [0.4, 0.5) is 0 Å². The molecule has 0 saturated heterocycles. The van der Waals surface area contributed by atoms with Crippen LogP contribution in [0.2, 0.25) is 0 Å². The summed E-state index contributed by atoms with van der Waals surface area (Å²) in [7, 11) is 0. The molecule has 4 heteroatoms. The van der Waals surface area contributed by atoms with Gasteiger partial charge >= 0.3 is 0 Å². The number of aromatic nitrogens is 2. The van der Waals surface area contributed by atoms with Crippen LogP contribution in [0, 0.1) is 0 Å². The second-order valence-corrected chi connectivity index (χ2v) is 13.2. The lowest BCUT2D eigenvalue weighted by Gasteiger charge is -2.09. The van der Waals surface area contributed by atoms with Gasteiger partial charge in [0, 0.05) is 32.0 Å². The molecule has 10 aromatic rings. The van der Waals surface area contributed by atoms with E-state index in [1.165, 1.54) is 32.2 Å². The predicted molar refractivity (Wildman–Crippen MR) is 201 cm³/mol. The number of hydrogen-bond donors (Lipinski definition) is 0. The Balaban J connectivity index is 1.19. The monoisotopic (exact) mass is 630 g/mol. The molecule has 0 aliphatic carbocycles. The first-order chi connectivity index (χ1) is 23.8. The zero-order valence-corrected chi connectivity index (χ0v) is 26.5. The maximum Gasteiger partial charge on any atom is 0.160 e.